The van der Waals surface area contributed by atoms with E-state index in [1.807, 2.05) is 18.2 Å². The highest BCUT2D eigenvalue weighted by Crippen LogP contribution is 2.31. The smallest absolute Gasteiger partial charge is 0.0991 e. The number of aryl methyl sites for hydroxylation is 1. The molecule has 2 nitrogen and oxygen atoms in total. The molecule has 0 spiro atoms. The molecule has 0 amide bonds. The molecule has 1 unspecified atom stereocenters. The van der Waals surface area contributed by atoms with E-state index in [-0.39, 0.29) is 0 Å². The normalized spacial score (nSPS) is 16.4. The minimum atomic E-state index is 0.353. The number of fused-ring (bicyclic) bond motifs is 1. The zero-order chi connectivity index (χ0) is 13.4. The van der Waals surface area contributed by atoms with Crippen LogP contribution in [0.25, 0.3) is 0 Å². The lowest BCUT2D eigenvalue weighted by molar-refractivity contribution is 0.670. The van der Waals surface area contributed by atoms with Crippen LogP contribution in [-0.2, 0) is 6.42 Å². The van der Waals surface area contributed by atoms with Gasteiger partial charge < -0.3 is 0 Å². The number of benzene rings is 1. The molecule has 0 heterocycles. The fraction of sp³-hybridized carbons (Fsp3) is 0.500. The number of hydrogen-bond acceptors (Lipinski definition) is 3. The second kappa shape index (κ2) is 8.78. The molecule has 0 radical (unpaired) electrons. The summed E-state index contributed by atoms with van der Waals surface area (Å²) >= 11 is 6.46. The summed E-state index contributed by atoms with van der Waals surface area (Å²) in [5, 5.41) is 8.71. The number of hydrogen-bond donors (Lipinski definition) is 2. The van der Waals surface area contributed by atoms with Gasteiger partial charge in [0.05, 0.1) is 11.6 Å². The molecule has 0 aliphatic heterocycles. The van der Waals surface area contributed by atoms with Crippen LogP contribution >= 0.6 is 35.4 Å². The molecule has 98 valence electrons. The van der Waals surface area contributed by atoms with Gasteiger partial charge in [0.1, 0.15) is 0 Å². The van der Waals surface area contributed by atoms with Crippen LogP contribution in [0, 0.1) is 11.3 Å². The van der Waals surface area contributed by atoms with Crippen LogP contribution in [0.2, 0.25) is 0 Å². The Kier molecular flexibility index (Phi) is 7.71. The first-order valence-electron chi connectivity index (χ1n) is 6.25. The third-order valence-corrected chi connectivity index (χ3v) is 4.07. The molecular formula is C14H19IN2S. The first-order valence-corrected chi connectivity index (χ1v) is 8.22. The quantitative estimate of drug-likeness (QED) is 0.473. The van der Waals surface area contributed by atoms with Crippen molar-refractivity contribution in [1.29, 1.82) is 5.26 Å². The third-order valence-electron chi connectivity index (χ3n) is 2.99. The van der Waals surface area contributed by atoms with E-state index in [2.05, 4.69) is 53.1 Å². The lowest BCUT2D eigenvalue weighted by atomic mass is 10.1. The van der Waals surface area contributed by atoms with Gasteiger partial charge in [0.2, 0.25) is 0 Å². The van der Waals surface area contributed by atoms with Gasteiger partial charge in [0.25, 0.3) is 0 Å². The highest BCUT2D eigenvalue weighted by molar-refractivity contribution is 14.1. The number of nitriles is 1. The monoisotopic (exact) mass is 374 g/mol. The maximum Gasteiger partial charge on any atom is 0.0991 e. The summed E-state index contributed by atoms with van der Waals surface area (Å²) < 4.78 is 4.28. The average Bonchev–Trinajstić information content (AvgIpc) is 2.82. The number of thiol groups is 1. The van der Waals surface area contributed by atoms with E-state index in [9.17, 15) is 0 Å². The third kappa shape index (κ3) is 4.45. The molecule has 1 aromatic carbocycles. The van der Waals surface area contributed by atoms with Crippen LogP contribution in [0.4, 0.5) is 0 Å². The van der Waals surface area contributed by atoms with Crippen molar-refractivity contribution in [3.63, 3.8) is 0 Å². The first-order chi connectivity index (χ1) is 8.76. The molecular weight excluding hydrogens is 355 g/mol. The lowest BCUT2D eigenvalue weighted by Crippen LogP contribution is -2.06. The van der Waals surface area contributed by atoms with Gasteiger partial charge in [0, 0.05) is 6.04 Å². The van der Waals surface area contributed by atoms with E-state index in [4.69, 9.17) is 5.26 Å². The van der Waals surface area contributed by atoms with E-state index in [0.29, 0.717) is 6.04 Å². The Labute approximate surface area is 129 Å². The van der Waals surface area contributed by atoms with Gasteiger partial charge in [-0.2, -0.15) is 5.26 Å². The molecule has 0 saturated heterocycles. The maximum atomic E-state index is 8.71. The van der Waals surface area contributed by atoms with Crippen LogP contribution in [0.15, 0.2) is 18.2 Å². The zero-order valence-corrected chi connectivity index (χ0v) is 13.7. The Hall–Kier alpha value is -0.250. The topological polar surface area (TPSA) is 35.8 Å². The second-order valence-electron chi connectivity index (χ2n) is 4.29. The van der Waals surface area contributed by atoms with E-state index in [1.165, 1.54) is 28.4 Å². The van der Waals surface area contributed by atoms with Crippen LogP contribution in [0.1, 0.15) is 48.9 Å². The summed E-state index contributed by atoms with van der Waals surface area (Å²) in [5.41, 5.74) is 3.32. The Morgan fingerprint density at radius 1 is 1.56 bits per heavy atom. The van der Waals surface area contributed by atoms with Crippen molar-refractivity contribution in [1.82, 2.24) is 4.72 Å². The number of rotatable bonds is 3. The van der Waals surface area contributed by atoms with Gasteiger partial charge >= 0.3 is 0 Å². The molecule has 1 aromatic rings. The molecule has 18 heavy (non-hydrogen) atoms. The van der Waals surface area contributed by atoms with Crippen LogP contribution < -0.4 is 4.72 Å². The minimum absolute atomic E-state index is 0.353. The van der Waals surface area contributed by atoms with Gasteiger partial charge in [-0.3, -0.25) is 4.72 Å². The van der Waals surface area contributed by atoms with E-state index < -0.39 is 0 Å². The van der Waals surface area contributed by atoms with E-state index in [0.717, 1.165) is 18.4 Å². The Balaban J connectivity index is 0.000000280. The number of alkyl halides is 1. The maximum absolute atomic E-state index is 8.71. The molecule has 1 aliphatic rings. The van der Waals surface area contributed by atoms with Crippen molar-refractivity contribution in [2.45, 2.75) is 38.6 Å². The minimum Gasteiger partial charge on any atom is -0.259 e. The predicted octanol–water partition coefficient (Wildman–Crippen LogP) is 4.20. The molecule has 1 atom stereocenters. The van der Waals surface area contributed by atoms with Gasteiger partial charge in [-0.15, -0.1) is 0 Å². The molecule has 0 fully saturated rings. The Morgan fingerprint density at radius 2 is 2.33 bits per heavy atom. The summed E-state index contributed by atoms with van der Waals surface area (Å²) in [7, 11) is 0. The second-order valence-corrected chi connectivity index (χ2v) is 5.63. The number of nitrogens with one attached hydrogen (secondary N) is 1. The summed E-state index contributed by atoms with van der Waals surface area (Å²) in [6.45, 7) is 2.21. The fourth-order valence-corrected chi connectivity index (χ4v) is 2.99. The van der Waals surface area contributed by atoms with E-state index in [1.54, 1.807) is 0 Å². The Bertz CT molecular complexity index is 413. The summed E-state index contributed by atoms with van der Waals surface area (Å²) in [4.78, 5) is 0. The first kappa shape index (κ1) is 15.8. The molecule has 0 bridgehead atoms. The fourth-order valence-electron chi connectivity index (χ4n) is 1.95. The standard InChI is InChI=1S/C10H10N2S.C4H9I/c11-6-7-1-3-9-8(5-7)2-4-10(9)12-13;1-2-3-4-5/h1,3,5,10,12-13H,2,4H2;2-4H2,1H3. The molecule has 1 N–H and O–H groups in total. The van der Waals surface area contributed by atoms with Crippen LogP contribution in [0.3, 0.4) is 0 Å². The molecule has 4 heteroatoms. The predicted molar refractivity (Wildman–Crippen MR) is 88.1 cm³/mol. The largest absolute Gasteiger partial charge is 0.259 e. The van der Waals surface area contributed by atoms with Gasteiger partial charge in [-0.1, -0.05) is 54.8 Å². The van der Waals surface area contributed by atoms with Gasteiger partial charge in [-0.05, 0) is 46.9 Å². The summed E-state index contributed by atoms with van der Waals surface area (Å²) in [5.74, 6) is 0. The van der Waals surface area contributed by atoms with Crippen LogP contribution in [0.5, 0.6) is 0 Å². The van der Waals surface area contributed by atoms with E-state index >= 15 is 0 Å². The highest BCUT2D eigenvalue weighted by Gasteiger charge is 2.20. The zero-order valence-electron chi connectivity index (χ0n) is 10.6. The number of unbranched alkanes of at least 4 members (excludes halogenated alkanes) is 1. The lowest BCUT2D eigenvalue weighted by Gasteiger charge is -2.08. The Morgan fingerprint density at radius 3 is 2.83 bits per heavy atom. The van der Waals surface area contributed by atoms with Crippen LogP contribution in [-0.4, -0.2) is 4.43 Å². The van der Waals surface area contributed by atoms with Crippen molar-refractivity contribution in [3.05, 3.63) is 34.9 Å². The molecule has 1 aliphatic carbocycles. The van der Waals surface area contributed by atoms with Crippen molar-refractivity contribution < 1.29 is 0 Å². The van der Waals surface area contributed by atoms with Crippen molar-refractivity contribution in [3.8, 4) is 6.07 Å². The summed E-state index contributed by atoms with van der Waals surface area (Å²) in [6, 6.07) is 8.36. The van der Waals surface area contributed by atoms with Crippen molar-refractivity contribution in [2.75, 3.05) is 4.43 Å². The average molecular weight is 374 g/mol. The van der Waals surface area contributed by atoms with Gasteiger partial charge in [-0.25, -0.2) is 0 Å². The SMILES string of the molecule is CCCCI.N#Cc1ccc2c(c1)CCC2NS. The highest BCUT2D eigenvalue weighted by atomic mass is 127. The van der Waals surface area contributed by atoms with Crippen molar-refractivity contribution >= 4 is 35.4 Å². The van der Waals surface area contributed by atoms with Gasteiger partial charge in [0.15, 0.2) is 0 Å². The number of halogens is 1. The molecule has 0 aromatic heterocycles. The summed E-state index contributed by atoms with van der Waals surface area (Å²) in [6.07, 6.45) is 4.83. The molecule has 0 saturated carbocycles. The molecule has 2 rings (SSSR count). The number of nitrogens with zero attached hydrogens (tertiary/aromatic N) is 1. The van der Waals surface area contributed by atoms with Crippen molar-refractivity contribution in [2.24, 2.45) is 0 Å².